The number of carbonyl (C=O) groups excluding carboxylic acids is 1. The molecule has 1 unspecified atom stereocenters. The van der Waals surface area contributed by atoms with Crippen LogP contribution >= 0.6 is 0 Å². The standard InChI is InChI=1S/C9H19N3O3/c1-12(5-4-9(13)15-11-10)7-8-3-2-6-14-8/h8,11H,2-7,10H2,1H3. The van der Waals surface area contributed by atoms with Crippen molar-refractivity contribution in [2.24, 2.45) is 5.84 Å². The Morgan fingerprint density at radius 1 is 1.73 bits per heavy atom. The second-order valence-corrected chi connectivity index (χ2v) is 3.74. The Bertz CT molecular complexity index is 195. The van der Waals surface area contributed by atoms with E-state index in [1.807, 2.05) is 12.6 Å². The van der Waals surface area contributed by atoms with E-state index in [-0.39, 0.29) is 5.97 Å². The van der Waals surface area contributed by atoms with Crippen molar-refractivity contribution in [2.75, 3.05) is 26.7 Å². The average Bonchev–Trinajstić information content (AvgIpc) is 2.68. The average molecular weight is 217 g/mol. The van der Waals surface area contributed by atoms with Crippen LogP contribution in [0.5, 0.6) is 0 Å². The minimum absolute atomic E-state index is 0.318. The van der Waals surface area contributed by atoms with Gasteiger partial charge in [0.05, 0.1) is 12.5 Å². The summed E-state index contributed by atoms with van der Waals surface area (Å²) in [6.07, 6.45) is 2.89. The van der Waals surface area contributed by atoms with Crippen LogP contribution in [0.1, 0.15) is 19.3 Å². The molecule has 1 atom stereocenters. The monoisotopic (exact) mass is 217 g/mol. The van der Waals surface area contributed by atoms with Gasteiger partial charge in [-0.1, -0.05) is 5.59 Å². The minimum Gasteiger partial charge on any atom is -0.377 e. The fourth-order valence-corrected chi connectivity index (χ4v) is 1.63. The fraction of sp³-hybridized carbons (Fsp3) is 0.889. The molecule has 88 valence electrons. The van der Waals surface area contributed by atoms with E-state index in [1.165, 1.54) is 0 Å². The summed E-state index contributed by atoms with van der Waals surface area (Å²) in [6.45, 7) is 2.38. The summed E-state index contributed by atoms with van der Waals surface area (Å²) >= 11 is 0. The minimum atomic E-state index is -0.350. The van der Waals surface area contributed by atoms with E-state index in [4.69, 9.17) is 10.6 Å². The van der Waals surface area contributed by atoms with Gasteiger partial charge in [-0.3, -0.25) is 4.79 Å². The molecule has 1 aliphatic heterocycles. The van der Waals surface area contributed by atoms with Gasteiger partial charge in [-0.05, 0) is 19.9 Å². The van der Waals surface area contributed by atoms with Crippen LogP contribution in [-0.4, -0.2) is 43.7 Å². The van der Waals surface area contributed by atoms with E-state index >= 15 is 0 Å². The van der Waals surface area contributed by atoms with Gasteiger partial charge < -0.3 is 14.5 Å². The van der Waals surface area contributed by atoms with Crippen molar-refractivity contribution in [1.29, 1.82) is 0 Å². The molecule has 3 N–H and O–H groups in total. The van der Waals surface area contributed by atoms with Crippen molar-refractivity contribution in [3.8, 4) is 0 Å². The van der Waals surface area contributed by atoms with Gasteiger partial charge in [0, 0.05) is 19.7 Å². The molecule has 1 saturated heterocycles. The molecule has 0 aromatic heterocycles. The van der Waals surface area contributed by atoms with Crippen LogP contribution in [0.4, 0.5) is 0 Å². The summed E-state index contributed by atoms with van der Waals surface area (Å²) in [5, 5.41) is 0. The molecule has 0 aliphatic carbocycles. The SMILES string of the molecule is CN(CCC(=O)ONN)CC1CCCO1. The molecule has 0 aromatic carbocycles. The summed E-state index contributed by atoms with van der Waals surface area (Å²) in [7, 11) is 1.96. The van der Waals surface area contributed by atoms with Gasteiger partial charge >= 0.3 is 5.97 Å². The first-order valence-electron chi connectivity index (χ1n) is 5.18. The number of nitrogens with two attached hydrogens (primary N) is 1. The lowest BCUT2D eigenvalue weighted by Crippen LogP contribution is -2.32. The van der Waals surface area contributed by atoms with Crippen LogP contribution in [0.25, 0.3) is 0 Å². The zero-order valence-corrected chi connectivity index (χ0v) is 9.07. The van der Waals surface area contributed by atoms with Crippen LogP contribution < -0.4 is 11.4 Å². The van der Waals surface area contributed by atoms with Crippen molar-refractivity contribution < 1.29 is 14.4 Å². The van der Waals surface area contributed by atoms with Crippen LogP contribution in [-0.2, 0) is 14.4 Å². The van der Waals surface area contributed by atoms with Crippen molar-refractivity contribution in [1.82, 2.24) is 10.5 Å². The van der Waals surface area contributed by atoms with Crippen LogP contribution in [0.3, 0.4) is 0 Å². The first-order valence-corrected chi connectivity index (χ1v) is 5.18. The van der Waals surface area contributed by atoms with Crippen LogP contribution in [0, 0.1) is 0 Å². The molecule has 0 amide bonds. The number of rotatable bonds is 6. The predicted octanol–water partition coefficient (Wildman–Crippen LogP) is -0.591. The molecule has 0 bridgehead atoms. The lowest BCUT2D eigenvalue weighted by atomic mass is 10.2. The summed E-state index contributed by atoms with van der Waals surface area (Å²) in [6, 6.07) is 0. The Labute approximate surface area is 89.6 Å². The Hall–Kier alpha value is -0.690. The molecule has 1 heterocycles. The molecule has 6 nitrogen and oxygen atoms in total. The first-order chi connectivity index (χ1) is 7.22. The van der Waals surface area contributed by atoms with Gasteiger partial charge in [-0.2, -0.15) is 0 Å². The highest BCUT2D eigenvalue weighted by atomic mass is 16.7. The summed E-state index contributed by atoms with van der Waals surface area (Å²) in [5.41, 5.74) is 1.87. The van der Waals surface area contributed by atoms with Crippen molar-refractivity contribution in [3.05, 3.63) is 0 Å². The number of carbonyl (C=O) groups is 1. The van der Waals surface area contributed by atoms with Crippen LogP contribution in [0.2, 0.25) is 0 Å². The third kappa shape index (κ3) is 5.08. The number of likely N-dealkylation sites (N-methyl/N-ethyl adjacent to an activating group) is 1. The number of hydrogen-bond acceptors (Lipinski definition) is 6. The molecule has 0 spiro atoms. The van der Waals surface area contributed by atoms with Gasteiger partial charge in [0.15, 0.2) is 0 Å². The van der Waals surface area contributed by atoms with Gasteiger partial charge in [0.2, 0.25) is 0 Å². The van der Waals surface area contributed by atoms with Crippen molar-refractivity contribution in [3.63, 3.8) is 0 Å². The molecule has 1 aliphatic rings. The molecular formula is C9H19N3O3. The smallest absolute Gasteiger partial charge is 0.327 e. The maximum absolute atomic E-state index is 11.0. The molecule has 1 fully saturated rings. The van der Waals surface area contributed by atoms with Crippen molar-refractivity contribution in [2.45, 2.75) is 25.4 Å². The third-order valence-corrected chi connectivity index (χ3v) is 2.41. The molecular weight excluding hydrogens is 198 g/mol. The van der Waals surface area contributed by atoms with Crippen LogP contribution in [0.15, 0.2) is 0 Å². The quantitative estimate of drug-likeness (QED) is 0.457. The van der Waals surface area contributed by atoms with E-state index in [9.17, 15) is 4.79 Å². The lowest BCUT2D eigenvalue weighted by Gasteiger charge is -2.19. The van der Waals surface area contributed by atoms with E-state index in [2.05, 4.69) is 9.74 Å². The zero-order chi connectivity index (χ0) is 11.1. The van der Waals surface area contributed by atoms with E-state index < -0.39 is 0 Å². The first kappa shape index (κ1) is 12.4. The molecule has 0 radical (unpaired) electrons. The predicted molar refractivity (Wildman–Crippen MR) is 54.5 cm³/mol. The van der Waals surface area contributed by atoms with E-state index in [1.54, 1.807) is 0 Å². The molecule has 0 saturated carbocycles. The Morgan fingerprint density at radius 3 is 3.13 bits per heavy atom. The van der Waals surface area contributed by atoms with Crippen molar-refractivity contribution >= 4 is 5.97 Å². The van der Waals surface area contributed by atoms with Gasteiger partial charge in [0.1, 0.15) is 0 Å². The highest BCUT2D eigenvalue weighted by Gasteiger charge is 2.17. The molecule has 0 aromatic rings. The number of nitrogens with one attached hydrogen (secondary N) is 1. The van der Waals surface area contributed by atoms with Gasteiger partial charge in [-0.25, -0.2) is 5.84 Å². The molecule has 6 heteroatoms. The normalized spacial score (nSPS) is 20.9. The van der Waals surface area contributed by atoms with Gasteiger partial charge in [-0.15, -0.1) is 0 Å². The van der Waals surface area contributed by atoms with E-state index in [0.29, 0.717) is 19.1 Å². The number of nitrogens with zero attached hydrogens (tertiary/aromatic N) is 1. The topological polar surface area (TPSA) is 76.8 Å². The summed E-state index contributed by atoms with van der Waals surface area (Å²) in [5.74, 6) is 4.49. The van der Waals surface area contributed by atoms with E-state index in [0.717, 1.165) is 26.0 Å². The number of hydrogen-bond donors (Lipinski definition) is 2. The fourth-order valence-electron chi connectivity index (χ4n) is 1.63. The Kier molecular flexibility index (Phi) is 5.56. The lowest BCUT2D eigenvalue weighted by molar-refractivity contribution is -0.151. The largest absolute Gasteiger partial charge is 0.377 e. The summed E-state index contributed by atoms with van der Waals surface area (Å²) < 4.78 is 5.49. The highest BCUT2D eigenvalue weighted by molar-refractivity contribution is 5.69. The maximum atomic E-state index is 11.0. The zero-order valence-electron chi connectivity index (χ0n) is 9.07. The highest BCUT2D eigenvalue weighted by Crippen LogP contribution is 2.12. The Morgan fingerprint density at radius 2 is 2.53 bits per heavy atom. The third-order valence-electron chi connectivity index (χ3n) is 2.41. The van der Waals surface area contributed by atoms with Gasteiger partial charge in [0.25, 0.3) is 0 Å². The number of hydrazine groups is 1. The number of ether oxygens (including phenoxy) is 1. The maximum Gasteiger partial charge on any atom is 0.327 e. The Balaban J connectivity index is 2.07. The second kappa shape index (κ2) is 6.73. The molecule has 15 heavy (non-hydrogen) atoms. The second-order valence-electron chi connectivity index (χ2n) is 3.74. The molecule has 1 rings (SSSR count). The summed E-state index contributed by atoms with van der Waals surface area (Å²) in [4.78, 5) is 17.4.